The van der Waals surface area contributed by atoms with Gasteiger partial charge in [0, 0.05) is 30.7 Å². The Labute approximate surface area is 115 Å². The molecule has 1 rings (SSSR count). The fourth-order valence-corrected chi connectivity index (χ4v) is 2.16. The lowest BCUT2D eigenvalue weighted by molar-refractivity contribution is 0.182. The van der Waals surface area contributed by atoms with Gasteiger partial charge in [-0.15, -0.1) is 0 Å². The van der Waals surface area contributed by atoms with Crippen molar-refractivity contribution >= 4 is 17.4 Å². The van der Waals surface area contributed by atoms with Gasteiger partial charge in [0.25, 0.3) is 0 Å². The van der Waals surface area contributed by atoms with Crippen molar-refractivity contribution in [3.05, 3.63) is 17.0 Å². The van der Waals surface area contributed by atoms with E-state index in [1.54, 1.807) is 0 Å². The summed E-state index contributed by atoms with van der Waals surface area (Å²) in [6, 6.07) is 1.09. The highest BCUT2D eigenvalue weighted by atomic mass is 35.5. The SMILES string of the molecule is Cc1c(Cl)ncnc1NCCN(C(C)C)C(C)C. The molecule has 5 heteroatoms. The first-order valence-electron chi connectivity index (χ1n) is 6.40. The summed E-state index contributed by atoms with van der Waals surface area (Å²) in [6.07, 6.45) is 1.49. The van der Waals surface area contributed by atoms with Crippen LogP contribution in [0.4, 0.5) is 5.82 Å². The quantitative estimate of drug-likeness (QED) is 0.807. The highest BCUT2D eigenvalue weighted by molar-refractivity contribution is 6.30. The standard InChI is InChI=1S/C13H23ClN4/c1-9(2)18(10(3)4)7-6-15-13-11(5)12(14)16-8-17-13/h8-10H,6-7H2,1-5H3,(H,15,16,17). The van der Waals surface area contributed by atoms with Gasteiger partial charge in [0.15, 0.2) is 0 Å². The summed E-state index contributed by atoms with van der Waals surface area (Å²) in [6.45, 7) is 12.6. The number of hydrogen-bond donors (Lipinski definition) is 1. The minimum atomic E-state index is 0.511. The van der Waals surface area contributed by atoms with Crippen LogP contribution in [-0.4, -0.2) is 40.0 Å². The second-order valence-electron chi connectivity index (χ2n) is 4.99. The average molecular weight is 271 g/mol. The van der Waals surface area contributed by atoms with E-state index < -0.39 is 0 Å². The Kier molecular flexibility index (Phi) is 5.82. The predicted octanol–water partition coefficient (Wildman–Crippen LogP) is 2.97. The Morgan fingerprint density at radius 1 is 1.22 bits per heavy atom. The van der Waals surface area contributed by atoms with Gasteiger partial charge in [-0.2, -0.15) is 0 Å². The molecule has 0 bridgehead atoms. The first-order chi connectivity index (χ1) is 8.43. The molecule has 0 amide bonds. The van der Waals surface area contributed by atoms with Gasteiger partial charge in [-0.05, 0) is 34.6 Å². The topological polar surface area (TPSA) is 41.1 Å². The Morgan fingerprint density at radius 3 is 2.39 bits per heavy atom. The van der Waals surface area contributed by atoms with Crippen LogP contribution in [0.15, 0.2) is 6.33 Å². The second kappa shape index (κ2) is 6.90. The van der Waals surface area contributed by atoms with E-state index in [-0.39, 0.29) is 0 Å². The molecule has 1 aromatic heterocycles. The lowest BCUT2D eigenvalue weighted by Crippen LogP contribution is -2.40. The van der Waals surface area contributed by atoms with Crippen molar-refractivity contribution < 1.29 is 0 Å². The van der Waals surface area contributed by atoms with Gasteiger partial charge < -0.3 is 5.32 Å². The normalized spacial score (nSPS) is 11.6. The van der Waals surface area contributed by atoms with Crippen molar-refractivity contribution in [3.63, 3.8) is 0 Å². The first-order valence-corrected chi connectivity index (χ1v) is 6.78. The smallest absolute Gasteiger partial charge is 0.137 e. The highest BCUT2D eigenvalue weighted by Gasteiger charge is 2.13. The molecule has 0 aliphatic heterocycles. The van der Waals surface area contributed by atoms with Gasteiger partial charge in [-0.1, -0.05) is 11.6 Å². The zero-order chi connectivity index (χ0) is 13.7. The van der Waals surface area contributed by atoms with E-state index in [1.165, 1.54) is 6.33 Å². The molecule has 0 unspecified atom stereocenters. The molecule has 0 saturated carbocycles. The van der Waals surface area contributed by atoms with Crippen LogP contribution >= 0.6 is 11.6 Å². The van der Waals surface area contributed by atoms with Crippen LogP contribution in [0, 0.1) is 6.92 Å². The molecular weight excluding hydrogens is 248 g/mol. The van der Waals surface area contributed by atoms with Crippen LogP contribution in [0.1, 0.15) is 33.3 Å². The lowest BCUT2D eigenvalue weighted by atomic mass is 10.2. The molecule has 102 valence electrons. The minimum absolute atomic E-state index is 0.511. The van der Waals surface area contributed by atoms with Gasteiger partial charge >= 0.3 is 0 Å². The summed E-state index contributed by atoms with van der Waals surface area (Å²) < 4.78 is 0. The predicted molar refractivity (Wildman–Crippen MR) is 77.2 cm³/mol. The van der Waals surface area contributed by atoms with Crippen LogP contribution in [0.5, 0.6) is 0 Å². The maximum atomic E-state index is 5.95. The van der Waals surface area contributed by atoms with Gasteiger partial charge in [-0.3, -0.25) is 4.90 Å². The zero-order valence-electron chi connectivity index (χ0n) is 11.9. The average Bonchev–Trinajstić information content (AvgIpc) is 2.28. The van der Waals surface area contributed by atoms with Crippen molar-refractivity contribution in [2.24, 2.45) is 0 Å². The first kappa shape index (κ1) is 15.2. The number of hydrogen-bond acceptors (Lipinski definition) is 4. The summed E-state index contributed by atoms with van der Waals surface area (Å²) in [5.41, 5.74) is 0.903. The van der Waals surface area contributed by atoms with Crippen LogP contribution < -0.4 is 5.32 Å². The molecule has 0 saturated heterocycles. The fourth-order valence-electron chi connectivity index (χ4n) is 2.02. The van der Waals surface area contributed by atoms with Gasteiger partial charge in [-0.25, -0.2) is 9.97 Å². The molecule has 18 heavy (non-hydrogen) atoms. The lowest BCUT2D eigenvalue weighted by Gasteiger charge is -2.30. The van der Waals surface area contributed by atoms with E-state index in [9.17, 15) is 0 Å². The van der Waals surface area contributed by atoms with Crippen LogP contribution in [-0.2, 0) is 0 Å². The summed E-state index contributed by atoms with van der Waals surface area (Å²) in [4.78, 5) is 10.6. The number of anilines is 1. The van der Waals surface area contributed by atoms with Crippen molar-refractivity contribution in [2.45, 2.75) is 46.7 Å². The third kappa shape index (κ3) is 4.10. The summed E-state index contributed by atoms with van der Waals surface area (Å²) >= 11 is 5.95. The number of nitrogens with zero attached hydrogens (tertiary/aromatic N) is 3. The largest absolute Gasteiger partial charge is 0.368 e. The minimum Gasteiger partial charge on any atom is -0.368 e. The molecule has 0 aliphatic rings. The maximum Gasteiger partial charge on any atom is 0.137 e. The number of nitrogens with one attached hydrogen (secondary N) is 1. The van der Waals surface area contributed by atoms with Crippen molar-refractivity contribution in [2.75, 3.05) is 18.4 Å². The molecule has 0 fully saturated rings. The van der Waals surface area contributed by atoms with E-state index in [1.807, 2.05) is 6.92 Å². The molecule has 1 aromatic rings. The molecule has 1 heterocycles. The van der Waals surface area contributed by atoms with Gasteiger partial charge in [0.05, 0.1) is 0 Å². The molecular formula is C13H23ClN4. The Bertz CT molecular complexity index is 371. The zero-order valence-corrected chi connectivity index (χ0v) is 12.6. The van der Waals surface area contributed by atoms with E-state index in [4.69, 9.17) is 11.6 Å². The van der Waals surface area contributed by atoms with Crippen molar-refractivity contribution in [1.29, 1.82) is 0 Å². The van der Waals surface area contributed by atoms with Crippen LogP contribution in [0.3, 0.4) is 0 Å². The highest BCUT2D eigenvalue weighted by Crippen LogP contribution is 2.17. The molecule has 0 atom stereocenters. The number of rotatable bonds is 6. The van der Waals surface area contributed by atoms with E-state index in [0.29, 0.717) is 17.2 Å². The molecule has 0 spiro atoms. The summed E-state index contributed by atoms with van der Waals surface area (Å²) in [5.74, 6) is 0.822. The molecule has 0 aromatic carbocycles. The molecule has 4 nitrogen and oxygen atoms in total. The third-order valence-electron chi connectivity index (χ3n) is 3.01. The molecule has 0 radical (unpaired) electrons. The van der Waals surface area contributed by atoms with Crippen molar-refractivity contribution in [1.82, 2.24) is 14.9 Å². The maximum absolute atomic E-state index is 5.95. The molecule has 1 N–H and O–H groups in total. The van der Waals surface area contributed by atoms with E-state index in [2.05, 4.69) is 47.9 Å². The Hall–Kier alpha value is -0.870. The van der Waals surface area contributed by atoms with Crippen LogP contribution in [0.2, 0.25) is 5.15 Å². The van der Waals surface area contributed by atoms with Gasteiger partial charge in [0.1, 0.15) is 17.3 Å². The Morgan fingerprint density at radius 2 is 1.83 bits per heavy atom. The molecule has 0 aliphatic carbocycles. The van der Waals surface area contributed by atoms with E-state index >= 15 is 0 Å². The second-order valence-corrected chi connectivity index (χ2v) is 5.35. The van der Waals surface area contributed by atoms with Crippen LogP contribution in [0.25, 0.3) is 0 Å². The van der Waals surface area contributed by atoms with E-state index in [0.717, 1.165) is 24.5 Å². The Balaban J connectivity index is 2.53. The number of halogens is 1. The monoisotopic (exact) mass is 270 g/mol. The third-order valence-corrected chi connectivity index (χ3v) is 3.39. The van der Waals surface area contributed by atoms with Gasteiger partial charge in [0.2, 0.25) is 0 Å². The summed E-state index contributed by atoms with van der Waals surface area (Å²) in [7, 11) is 0. The van der Waals surface area contributed by atoms with Crippen molar-refractivity contribution in [3.8, 4) is 0 Å². The number of aromatic nitrogens is 2. The fraction of sp³-hybridized carbons (Fsp3) is 0.692. The summed E-state index contributed by atoms with van der Waals surface area (Å²) in [5, 5.41) is 3.83.